The summed E-state index contributed by atoms with van der Waals surface area (Å²) in [6, 6.07) is 0. The van der Waals surface area contributed by atoms with Crippen LogP contribution in [0.3, 0.4) is 0 Å². The largest absolute Gasteiger partial charge is 0.494 e. The van der Waals surface area contributed by atoms with Crippen LogP contribution in [0.15, 0.2) is 12.4 Å². The second kappa shape index (κ2) is 6.08. The molecular weight excluding hydrogens is 332 g/mol. The number of nitrogens with one attached hydrogen (secondary N) is 1. The molecule has 1 spiro atoms. The summed E-state index contributed by atoms with van der Waals surface area (Å²) < 4.78 is 11.6. The van der Waals surface area contributed by atoms with Crippen molar-refractivity contribution in [3.63, 3.8) is 0 Å². The molecule has 7 heteroatoms. The van der Waals surface area contributed by atoms with Crippen molar-refractivity contribution in [2.75, 3.05) is 31.6 Å². The van der Waals surface area contributed by atoms with Crippen molar-refractivity contribution in [1.82, 2.24) is 15.3 Å². The van der Waals surface area contributed by atoms with Crippen LogP contribution in [0.25, 0.3) is 0 Å². The summed E-state index contributed by atoms with van der Waals surface area (Å²) in [5, 5.41) is 3.14. The number of ether oxygens (including phenoxy) is 2. The molecule has 4 rings (SSSR count). The molecular formula is C19H28N4O3. The van der Waals surface area contributed by atoms with E-state index in [-0.39, 0.29) is 23.0 Å². The molecule has 2 bridgehead atoms. The maximum absolute atomic E-state index is 12.3. The number of fused-ring (bicyclic) bond motifs is 1. The third-order valence-electron chi connectivity index (χ3n) is 6.10. The first-order chi connectivity index (χ1) is 12.3. The Balaban J connectivity index is 1.46. The summed E-state index contributed by atoms with van der Waals surface area (Å²) in [4.78, 5) is 23.4. The molecule has 3 aliphatic heterocycles. The first kappa shape index (κ1) is 17.5. The van der Waals surface area contributed by atoms with Gasteiger partial charge in [-0.25, -0.2) is 9.97 Å². The third kappa shape index (κ3) is 2.82. The zero-order chi connectivity index (χ0) is 18.5. The van der Waals surface area contributed by atoms with Crippen LogP contribution in [0.5, 0.6) is 5.75 Å². The lowest BCUT2D eigenvalue weighted by atomic mass is 9.73. The SMILES string of the molecule is COc1cnc(N2C[C@@H]3[C@H](CNC(=O)C(C)(C)C)[C@H]4CC[C@]3(C2)O4)nc1. The van der Waals surface area contributed by atoms with Crippen LogP contribution in [-0.4, -0.2) is 54.3 Å². The molecule has 142 valence electrons. The third-order valence-corrected chi connectivity index (χ3v) is 6.10. The Hall–Kier alpha value is -1.89. The number of carbonyl (C=O) groups excluding carboxylic acids is 1. The van der Waals surface area contributed by atoms with Crippen molar-refractivity contribution >= 4 is 11.9 Å². The monoisotopic (exact) mass is 360 g/mol. The highest BCUT2D eigenvalue weighted by molar-refractivity contribution is 5.81. The Morgan fingerprint density at radius 1 is 1.42 bits per heavy atom. The lowest BCUT2D eigenvalue weighted by Crippen LogP contribution is -2.44. The molecule has 3 saturated heterocycles. The van der Waals surface area contributed by atoms with Crippen LogP contribution in [-0.2, 0) is 9.53 Å². The van der Waals surface area contributed by atoms with Crippen molar-refractivity contribution in [2.45, 2.75) is 45.3 Å². The van der Waals surface area contributed by atoms with E-state index < -0.39 is 0 Å². The summed E-state index contributed by atoms with van der Waals surface area (Å²) in [6.45, 7) is 8.21. The number of aromatic nitrogens is 2. The van der Waals surface area contributed by atoms with Crippen LogP contribution in [0.1, 0.15) is 33.6 Å². The van der Waals surface area contributed by atoms with Crippen molar-refractivity contribution in [1.29, 1.82) is 0 Å². The van der Waals surface area contributed by atoms with Crippen LogP contribution in [0, 0.1) is 17.3 Å². The summed E-state index contributed by atoms with van der Waals surface area (Å²) >= 11 is 0. The maximum atomic E-state index is 12.3. The minimum Gasteiger partial charge on any atom is -0.494 e. The zero-order valence-electron chi connectivity index (χ0n) is 16.0. The minimum atomic E-state index is -0.366. The Morgan fingerprint density at radius 2 is 2.15 bits per heavy atom. The van der Waals surface area contributed by atoms with E-state index in [4.69, 9.17) is 9.47 Å². The molecule has 26 heavy (non-hydrogen) atoms. The highest BCUT2D eigenvalue weighted by atomic mass is 16.5. The maximum Gasteiger partial charge on any atom is 0.225 e. The molecule has 7 nitrogen and oxygen atoms in total. The number of hydrogen-bond donors (Lipinski definition) is 1. The van der Waals surface area contributed by atoms with Gasteiger partial charge in [-0.3, -0.25) is 4.79 Å². The van der Waals surface area contributed by atoms with Crippen molar-refractivity contribution in [2.24, 2.45) is 17.3 Å². The van der Waals surface area contributed by atoms with Gasteiger partial charge in [-0.2, -0.15) is 0 Å². The average Bonchev–Trinajstić information content (AvgIpc) is 3.27. The minimum absolute atomic E-state index is 0.0997. The highest BCUT2D eigenvalue weighted by Gasteiger charge is 2.63. The van der Waals surface area contributed by atoms with Crippen molar-refractivity contribution < 1.29 is 14.3 Å². The quantitative estimate of drug-likeness (QED) is 0.879. The van der Waals surface area contributed by atoms with E-state index in [0.717, 1.165) is 31.9 Å². The molecule has 4 atom stereocenters. The van der Waals surface area contributed by atoms with Gasteiger partial charge in [0.1, 0.15) is 0 Å². The predicted molar refractivity (Wildman–Crippen MR) is 97.1 cm³/mol. The van der Waals surface area contributed by atoms with Crippen molar-refractivity contribution in [3.05, 3.63) is 12.4 Å². The van der Waals surface area contributed by atoms with E-state index >= 15 is 0 Å². The van der Waals surface area contributed by atoms with Crippen molar-refractivity contribution in [3.8, 4) is 5.75 Å². The van der Waals surface area contributed by atoms with Gasteiger partial charge in [0, 0.05) is 30.3 Å². The molecule has 0 saturated carbocycles. The fourth-order valence-corrected chi connectivity index (χ4v) is 4.67. The second-order valence-corrected chi connectivity index (χ2v) is 8.79. The number of nitrogens with zero attached hydrogens (tertiary/aromatic N) is 3. The lowest BCUT2D eigenvalue weighted by molar-refractivity contribution is -0.128. The van der Waals surface area contributed by atoms with Gasteiger partial charge in [0.15, 0.2) is 5.75 Å². The second-order valence-electron chi connectivity index (χ2n) is 8.79. The fraction of sp³-hybridized carbons (Fsp3) is 0.737. The van der Waals surface area contributed by atoms with Gasteiger partial charge < -0.3 is 19.7 Å². The number of hydrogen-bond acceptors (Lipinski definition) is 6. The molecule has 3 aliphatic rings. The molecule has 1 amide bonds. The molecule has 1 N–H and O–H groups in total. The molecule has 0 aliphatic carbocycles. The highest BCUT2D eigenvalue weighted by Crippen LogP contribution is 2.55. The Morgan fingerprint density at radius 3 is 2.81 bits per heavy atom. The summed E-state index contributed by atoms with van der Waals surface area (Å²) in [5.74, 6) is 2.25. The fourth-order valence-electron chi connectivity index (χ4n) is 4.67. The van der Waals surface area contributed by atoms with E-state index in [1.807, 2.05) is 20.8 Å². The van der Waals surface area contributed by atoms with Gasteiger partial charge in [-0.05, 0) is 12.8 Å². The van der Waals surface area contributed by atoms with E-state index in [2.05, 4.69) is 20.2 Å². The summed E-state index contributed by atoms with van der Waals surface area (Å²) in [7, 11) is 1.61. The topological polar surface area (TPSA) is 76.6 Å². The Bertz CT molecular complexity index is 687. The summed E-state index contributed by atoms with van der Waals surface area (Å²) in [6.07, 6.45) is 5.82. The van der Waals surface area contributed by atoms with E-state index in [1.54, 1.807) is 19.5 Å². The van der Waals surface area contributed by atoms with E-state index in [1.165, 1.54) is 0 Å². The Labute approximate surface area is 154 Å². The molecule has 1 aromatic heterocycles. The smallest absolute Gasteiger partial charge is 0.225 e. The molecule has 3 fully saturated rings. The Kier molecular flexibility index (Phi) is 4.10. The predicted octanol–water partition coefficient (Wildman–Crippen LogP) is 1.63. The standard InChI is InChI=1S/C19H28N4O3/c1-18(2,3)16(24)20-9-13-14-10-23(11-19(14)6-5-15(13)26-19)17-21-7-12(25-4)8-22-17/h7-8,13-15H,5-6,9-11H2,1-4H3,(H,20,24)/t13-,14+,15+,19+/m0/s1. The zero-order valence-corrected chi connectivity index (χ0v) is 16.0. The van der Waals surface area contributed by atoms with Gasteiger partial charge >= 0.3 is 0 Å². The molecule has 1 aromatic rings. The first-order valence-corrected chi connectivity index (χ1v) is 9.39. The molecule has 0 radical (unpaired) electrons. The molecule has 0 aromatic carbocycles. The average molecular weight is 360 g/mol. The van der Waals surface area contributed by atoms with Gasteiger partial charge in [-0.1, -0.05) is 20.8 Å². The van der Waals surface area contributed by atoms with Crippen LogP contribution >= 0.6 is 0 Å². The van der Waals surface area contributed by atoms with Crippen LogP contribution in [0.4, 0.5) is 5.95 Å². The van der Waals surface area contributed by atoms with E-state index in [9.17, 15) is 4.79 Å². The number of anilines is 1. The van der Waals surface area contributed by atoms with Gasteiger partial charge in [0.25, 0.3) is 0 Å². The number of rotatable bonds is 4. The van der Waals surface area contributed by atoms with E-state index in [0.29, 0.717) is 24.1 Å². The lowest BCUT2D eigenvalue weighted by Gasteiger charge is -2.30. The number of methoxy groups -OCH3 is 1. The van der Waals surface area contributed by atoms with Gasteiger partial charge in [-0.15, -0.1) is 0 Å². The molecule has 0 unspecified atom stereocenters. The van der Waals surface area contributed by atoms with Gasteiger partial charge in [0.05, 0.1) is 37.8 Å². The van der Waals surface area contributed by atoms with Crippen LogP contribution in [0.2, 0.25) is 0 Å². The number of carbonyl (C=O) groups is 1. The number of amides is 1. The van der Waals surface area contributed by atoms with Crippen LogP contribution < -0.4 is 15.0 Å². The summed E-state index contributed by atoms with van der Waals surface area (Å²) in [5.41, 5.74) is -0.472. The normalized spacial score (nSPS) is 32.6. The molecule has 4 heterocycles. The first-order valence-electron chi connectivity index (χ1n) is 9.39. The van der Waals surface area contributed by atoms with Gasteiger partial charge in [0.2, 0.25) is 11.9 Å².